The summed E-state index contributed by atoms with van der Waals surface area (Å²) in [5, 5.41) is 0.246. The van der Waals surface area contributed by atoms with Crippen LogP contribution in [-0.2, 0) is 9.22 Å². The van der Waals surface area contributed by atoms with Gasteiger partial charge in [0, 0.05) is 6.61 Å². The lowest BCUT2D eigenvalue weighted by Gasteiger charge is -2.36. The van der Waals surface area contributed by atoms with E-state index in [1.165, 1.54) is 0 Å². The van der Waals surface area contributed by atoms with Crippen LogP contribution in [0.25, 0.3) is 0 Å². The van der Waals surface area contributed by atoms with Crippen LogP contribution in [0.4, 0.5) is 0 Å². The van der Waals surface area contributed by atoms with Crippen LogP contribution in [0.3, 0.4) is 0 Å². The normalized spacial score (nSPS) is 16.1. The van der Waals surface area contributed by atoms with E-state index in [0.29, 0.717) is 12.5 Å². The molecule has 94 valence electrons. The number of carbonyl (C=O) groups excluding carboxylic acids is 1. The Labute approximate surface area is 101 Å². The van der Waals surface area contributed by atoms with Crippen LogP contribution in [0.1, 0.15) is 34.6 Å². The molecule has 0 aromatic carbocycles. The second-order valence-electron chi connectivity index (χ2n) is 6.08. The maximum Gasteiger partial charge on any atom is 0.192 e. The monoisotopic (exact) mass is 242 g/mol. The van der Waals surface area contributed by atoms with Crippen molar-refractivity contribution in [2.24, 2.45) is 5.92 Å². The van der Waals surface area contributed by atoms with E-state index >= 15 is 0 Å². The molecule has 0 unspecified atom stereocenters. The molecule has 2 nitrogen and oxygen atoms in total. The van der Waals surface area contributed by atoms with E-state index in [-0.39, 0.29) is 5.04 Å². The lowest BCUT2D eigenvalue weighted by atomic mass is 10.1. The summed E-state index contributed by atoms with van der Waals surface area (Å²) in [7, 11) is -1.65. The number of allylic oxidation sites excluding steroid dienone is 1. The molecule has 3 heteroatoms. The van der Waals surface area contributed by atoms with Gasteiger partial charge in [-0.15, -0.1) is 0 Å². The smallest absolute Gasteiger partial charge is 0.192 e. The van der Waals surface area contributed by atoms with Crippen molar-refractivity contribution >= 4 is 14.6 Å². The molecule has 0 radical (unpaired) electrons. The van der Waals surface area contributed by atoms with Crippen molar-refractivity contribution in [2.75, 3.05) is 6.61 Å². The molecule has 0 aliphatic carbocycles. The van der Waals surface area contributed by atoms with E-state index in [2.05, 4.69) is 40.8 Å². The summed E-state index contributed by atoms with van der Waals surface area (Å²) in [5.74, 6) is 0.305. The lowest BCUT2D eigenvalue weighted by molar-refractivity contribution is -0.104. The first-order valence-corrected chi connectivity index (χ1v) is 8.78. The zero-order valence-electron chi connectivity index (χ0n) is 11.8. The second kappa shape index (κ2) is 5.78. The molecule has 0 spiro atoms. The molecule has 0 heterocycles. The molecule has 0 N–H and O–H groups in total. The van der Waals surface area contributed by atoms with Crippen LogP contribution in [-0.4, -0.2) is 21.2 Å². The third kappa shape index (κ3) is 5.08. The number of hydrogen-bond acceptors (Lipinski definition) is 2. The number of rotatable bonds is 5. The Bertz CT molecular complexity index is 262. The molecule has 0 fully saturated rings. The predicted molar refractivity (Wildman–Crippen MR) is 72.1 cm³/mol. The first-order valence-electron chi connectivity index (χ1n) is 5.87. The summed E-state index contributed by atoms with van der Waals surface area (Å²) in [6, 6.07) is 0. The molecular formula is C13H26O2Si. The summed E-state index contributed by atoms with van der Waals surface area (Å²) in [6.45, 7) is 15.8. The summed E-state index contributed by atoms with van der Waals surface area (Å²) in [6.07, 6.45) is 2.86. The largest absolute Gasteiger partial charge is 0.416 e. The van der Waals surface area contributed by atoms with Gasteiger partial charge in [0.2, 0.25) is 0 Å². The molecule has 0 aromatic heterocycles. The van der Waals surface area contributed by atoms with E-state index in [9.17, 15) is 4.79 Å². The molecule has 0 bridgehead atoms. The van der Waals surface area contributed by atoms with Crippen molar-refractivity contribution in [1.82, 2.24) is 0 Å². The fourth-order valence-electron chi connectivity index (χ4n) is 1.09. The highest BCUT2D eigenvalue weighted by Gasteiger charge is 2.37. The highest BCUT2D eigenvalue weighted by molar-refractivity contribution is 6.74. The fourth-order valence-corrected chi connectivity index (χ4v) is 2.21. The van der Waals surface area contributed by atoms with Gasteiger partial charge < -0.3 is 4.43 Å². The molecule has 0 amide bonds. The van der Waals surface area contributed by atoms with E-state index in [1.807, 2.05) is 13.0 Å². The average Bonchev–Trinajstić information content (AvgIpc) is 2.13. The predicted octanol–water partition coefficient (Wildman–Crippen LogP) is 3.79. The van der Waals surface area contributed by atoms with Gasteiger partial charge in [0.15, 0.2) is 8.32 Å². The van der Waals surface area contributed by atoms with Crippen molar-refractivity contribution < 1.29 is 9.22 Å². The van der Waals surface area contributed by atoms with Crippen LogP contribution >= 0.6 is 0 Å². The first kappa shape index (κ1) is 15.6. The maximum atomic E-state index is 10.5. The minimum Gasteiger partial charge on any atom is -0.416 e. The van der Waals surface area contributed by atoms with Gasteiger partial charge in [0.1, 0.15) is 6.29 Å². The molecule has 0 rings (SSSR count). The summed E-state index contributed by atoms with van der Waals surface area (Å²) >= 11 is 0. The Hall–Kier alpha value is -0.413. The SMILES string of the molecule is C/C(C=O)=C\[C@@H](C)CO[Si](C)(C)C(C)(C)C. The fraction of sp³-hybridized carbons (Fsp3) is 0.769. The van der Waals surface area contributed by atoms with E-state index in [1.54, 1.807) is 0 Å². The van der Waals surface area contributed by atoms with Crippen molar-refractivity contribution in [1.29, 1.82) is 0 Å². The van der Waals surface area contributed by atoms with Gasteiger partial charge in [-0.1, -0.05) is 33.8 Å². The van der Waals surface area contributed by atoms with Gasteiger partial charge in [-0.05, 0) is 36.5 Å². The van der Waals surface area contributed by atoms with Gasteiger partial charge in [0.05, 0.1) is 0 Å². The zero-order chi connectivity index (χ0) is 13.0. The second-order valence-corrected chi connectivity index (χ2v) is 10.9. The molecular weight excluding hydrogens is 216 g/mol. The third-order valence-electron chi connectivity index (χ3n) is 3.25. The van der Waals surface area contributed by atoms with Gasteiger partial charge in [-0.3, -0.25) is 4.79 Å². The van der Waals surface area contributed by atoms with Crippen LogP contribution in [0.2, 0.25) is 18.1 Å². The minimum atomic E-state index is -1.65. The Morgan fingerprint density at radius 1 is 1.38 bits per heavy atom. The summed E-state index contributed by atoms with van der Waals surface area (Å²) in [5.41, 5.74) is 0.784. The van der Waals surface area contributed by atoms with Crippen molar-refractivity contribution in [3.8, 4) is 0 Å². The van der Waals surface area contributed by atoms with Gasteiger partial charge >= 0.3 is 0 Å². The molecule has 0 aromatic rings. The molecule has 0 saturated heterocycles. The molecule has 16 heavy (non-hydrogen) atoms. The Balaban J connectivity index is 4.31. The van der Waals surface area contributed by atoms with Crippen LogP contribution in [0.5, 0.6) is 0 Å². The first-order chi connectivity index (χ1) is 7.10. The lowest BCUT2D eigenvalue weighted by Crippen LogP contribution is -2.41. The highest BCUT2D eigenvalue weighted by Crippen LogP contribution is 2.36. The van der Waals surface area contributed by atoms with Crippen LogP contribution in [0, 0.1) is 5.92 Å². The molecule has 0 aliphatic rings. The van der Waals surface area contributed by atoms with Crippen LogP contribution in [0.15, 0.2) is 11.6 Å². The third-order valence-corrected chi connectivity index (χ3v) is 7.75. The molecule has 0 aliphatic heterocycles. The Morgan fingerprint density at radius 3 is 2.25 bits per heavy atom. The maximum absolute atomic E-state index is 10.5. The zero-order valence-corrected chi connectivity index (χ0v) is 12.8. The molecule has 0 saturated carbocycles. The van der Waals surface area contributed by atoms with Crippen molar-refractivity contribution in [2.45, 2.75) is 52.8 Å². The van der Waals surface area contributed by atoms with Crippen LogP contribution < -0.4 is 0 Å². The van der Waals surface area contributed by atoms with Gasteiger partial charge in [-0.2, -0.15) is 0 Å². The number of aldehydes is 1. The van der Waals surface area contributed by atoms with Gasteiger partial charge in [0.25, 0.3) is 0 Å². The minimum absolute atomic E-state index is 0.246. The van der Waals surface area contributed by atoms with Crippen molar-refractivity contribution in [3.05, 3.63) is 11.6 Å². The molecule has 1 atom stereocenters. The summed E-state index contributed by atoms with van der Waals surface area (Å²) < 4.78 is 6.08. The highest BCUT2D eigenvalue weighted by atomic mass is 28.4. The van der Waals surface area contributed by atoms with Crippen molar-refractivity contribution in [3.63, 3.8) is 0 Å². The van der Waals surface area contributed by atoms with E-state index in [4.69, 9.17) is 4.43 Å². The van der Waals surface area contributed by atoms with E-state index < -0.39 is 8.32 Å². The van der Waals surface area contributed by atoms with E-state index in [0.717, 1.165) is 11.9 Å². The topological polar surface area (TPSA) is 26.3 Å². The Morgan fingerprint density at radius 2 is 1.88 bits per heavy atom. The van der Waals surface area contributed by atoms with Gasteiger partial charge in [-0.25, -0.2) is 0 Å². The number of carbonyl (C=O) groups is 1. The summed E-state index contributed by atoms with van der Waals surface area (Å²) in [4.78, 5) is 10.5. The quantitative estimate of drug-likeness (QED) is 0.416. The number of hydrogen-bond donors (Lipinski definition) is 0. The standard InChI is InChI=1S/C13H26O2Si/c1-11(9-14)8-12(2)10-15-16(6,7)13(3,4)5/h8-9,12H,10H2,1-7H3/b11-8+/t12-/m1/s1. The average molecular weight is 242 g/mol. The Kier molecular flexibility index (Phi) is 5.63.